The highest BCUT2D eigenvalue weighted by Gasteiger charge is 2.17. The molecule has 0 unspecified atom stereocenters. The van der Waals surface area contributed by atoms with E-state index in [0.29, 0.717) is 17.7 Å². The van der Waals surface area contributed by atoms with Crippen LogP contribution in [0.25, 0.3) is 0 Å². The molecule has 1 rings (SSSR count). The lowest BCUT2D eigenvalue weighted by Gasteiger charge is -2.25. The normalized spacial score (nSPS) is 10.7. The number of rotatable bonds is 6. The first kappa shape index (κ1) is 16.1. The second-order valence-electron chi connectivity index (χ2n) is 4.72. The van der Waals surface area contributed by atoms with Crippen LogP contribution in [0.4, 0.5) is 4.39 Å². The Kier molecular flexibility index (Phi) is 6.13. The van der Waals surface area contributed by atoms with Crippen molar-refractivity contribution < 1.29 is 13.9 Å². The fourth-order valence-corrected chi connectivity index (χ4v) is 1.78. The number of nitrogens with zero attached hydrogens (tertiary/aromatic N) is 2. The van der Waals surface area contributed by atoms with Gasteiger partial charge in [-0.25, -0.2) is 4.39 Å². The van der Waals surface area contributed by atoms with E-state index in [4.69, 9.17) is 10.00 Å². The molecule has 0 aliphatic heterocycles. The number of hydrogen-bond donors (Lipinski definition) is 0. The quantitative estimate of drug-likeness (QED) is 0.750. The van der Waals surface area contributed by atoms with Crippen LogP contribution in [0, 0.1) is 17.1 Å². The number of carbonyl (C=O) groups excluding carboxylic acids is 1. The minimum atomic E-state index is -0.376. The lowest BCUT2D eigenvalue weighted by molar-refractivity contribution is -0.145. The molecular weight excluding hydrogens is 259 g/mol. The molecule has 0 bridgehead atoms. The number of halogens is 1. The van der Waals surface area contributed by atoms with E-state index in [1.165, 1.54) is 18.2 Å². The summed E-state index contributed by atoms with van der Waals surface area (Å²) in [5, 5.41) is 8.85. The molecule has 0 heterocycles. The number of nitriles is 1. The van der Waals surface area contributed by atoms with Crippen LogP contribution in [0.3, 0.4) is 0 Å². The van der Waals surface area contributed by atoms with Crippen molar-refractivity contribution >= 4 is 5.97 Å². The van der Waals surface area contributed by atoms with Gasteiger partial charge in [0, 0.05) is 18.2 Å². The Morgan fingerprint density at radius 1 is 1.50 bits per heavy atom. The molecule has 0 spiro atoms. The van der Waals surface area contributed by atoms with Crippen molar-refractivity contribution in [2.45, 2.75) is 33.4 Å². The summed E-state index contributed by atoms with van der Waals surface area (Å²) in [6.07, 6.45) is 0. The summed E-state index contributed by atoms with van der Waals surface area (Å²) in [7, 11) is 0. The zero-order valence-electron chi connectivity index (χ0n) is 12.0. The van der Waals surface area contributed by atoms with Crippen LogP contribution in [0.2, 0.25) is 0 Å². The van der Waals surface area contributed by atoms with Crippen molar-refractivity contribution in [1.82, 2.24) is 4.90 Å². The van der Waals surface area contributed by atoms with Gasteiger partial charge in [-0.3, -0.25) is 9.69 Å². The molecule has 1 aromatic carbocycles. The topological polar surface area (TPSA) is 53.3 Å². The van der Waals surface area contributed by atoms with Crippen molar-refractivity contribution in [3.63, 3.8) is 0 Å². The maximum absolute atomic E-state index is 13.8. The van der Waals surface area contributed by atoms with Crippen LogP contribution in [0.1, 0.15) is 31.9 Å². The van der Waals surface area contributed by atoms with Gasteiger partial charge in [-0.2, -0.15) is 5.26 Å². The predicted molar refractivity (Wildman–Crippen MR) is 73.3 cm³/mol. The van der Waals surface area contributed by atoms with Gasteiger partial charge in [0.2, 0.25) is 0 Å². The molecule has 5 heteroatoms. The smallest absolute Gasteiger partial charge is 0.320 e. The van der Waals surface area contributed by atoms with E-state index in [1.807, 2.05) is 19.9 Å². The molecule has 0 saturated heterocycles. The molecule has 0 atom stereocenters. The highest BCUT2D eigenvalue weighted by Crippen LogP contribution is 2.14. The van der Waals surface area contributed by atoms with Crippen LogP contribution in [0.5, 0.6) is 0 Å². The molecule has 0 saturated carbocycles. The van der Waals surface area contributed by atoms with Crippen molar-refractivity contribution in [3.8, 4) is 6.07 Å². The van der Waals surface area contributed by atoms with E-state index < -0.39 is 0 Å². The summed E-state index contributed by atoms with van der Waals surface area (Å²) in [4.78, 5) is 13.3. The third kappa shape index (κ3) is 4.63. The van der Waals surface area contributed by atoms with Crippen LogP contribution < -0.4 is 0 Å². The average Bonchev–Trinajstić information content (AvgIpc) is 2.40. The number of esters is 1. The molecule has 0 amide bonds. The van der Waals surface area contributed by atoms with Crippen LogP contribution in [-0.2, 0) is 16.1 Å². The molecule has 4 nitrogen and oxygen atoms in total. The van der Waals surface area contributed by atoms with Gasteiger partial charge < -0.3 is 4.74 Å². The molecule has 0 aliphatic carbocycles. The van der Waals surface area contributed by atoms with Crippen LogP contribution in [0.15, 0.2) is 18.2 Å². The Labute approximate surface area is 118 Å². The van der Waals surface area contributed by atoms with Gasteiger partial charge in [-0.15, -0.1) is 0 Å². The lowest BCUT2D eigenvalue weighted by Crippen LogP contribution is -2.36. The summed E-state index contributed by atoms with van der Waals surface area (Å²) in [5.41, 5.74) is 0.809. The third-order valence-electron chi connectivity index (χ3n) is 2.92. The van der Waals surface area contributed by atoms with Gasteiger partial charge in [0.25, 0.3) is 0 Å². The zero-order valence-corrected chi connectivity index (χ0v) is 12.0. The van der Waals surface area contributed by atoms with Crippen molar-refractivity contribution in [2.75, 3.05) is 13.2 Å². The van der Waals surface area contributed by atoms with Crippen LogP contribution >= 0.6 is 0 Å². The van der Waals surface area contributed by atoms with Gasteiger partial charge in [-0.05, 0) is 39.0 Å². The zero-order chi connectivity index (χ0) is 15.1. The summed E-state index contributed by atoms with van der Waals surface area (Å²) >= 11 is 0. The van der Waals surface area contributed by atoms with E-state index >= 15 is 0 Å². The lowest BCUT2D eigenvalue weighted by atomic mass is 10.1. The monoisotopic (exact) mass is 278 g/mol. The van der Waals surface area contributed by atoms with Crippen LogP contribution in [-0.4, -0.2) is 30.1 Å². The molecule has 20 heavy (non-hydrogen) atoms. The summed E-state index contributed by atoms with van der Waals surface area (Å²) in [5.74, 6) is -0.712. The SMILES string of the molecule is CCOC(=O)CN(Cc1cc(C#N)ccc1F)C(C)C. The van der Waals surface area contributed by atoms with E-state index in [1.54, 1.807) is 11.8 Å². The fraction of sp³-hybridized carbons (Fsp3) is 0.467. The predicted octanol–water partition coefficient (Wildman–Crippen LogP) is 2.47. The van der Waals surface area contributed by atoms with E-state index in [2.05, 4.69) is 0 Å². The maximum Gasteiger partial charge on any atom is 0.320 e. The summed E-state index contributed by atoms with van der Waals surface area (Å²) in [6.45, 7) is 6.27. The average molecular weight is 278 g/mol. The summed E-state index contributed by atoms with van der Waals surface area (Å²) in [6, 6.07) is 6.26. The Balaban J connectivity index is 2.85. The van der Waals surface area contributed by atoms with Gasteiger partial charge in [0.05, 0.1) is 24.8 Å². The van der Waals surface area contributed by atoms with Gasteiger partial charge >= 0.3 is 5.97 Å². The molecule has 0 fully saturated rings. The molecule has 0 radical (unpaired) electrons. The van der Waals surface area contributed by atoms with Gasteiger partial charge in [0.1, 0.15) is 5.82 Å². The standard InChI is InChI=1S/C15H19FN2O2/c1-4-20-15(19)10-18(11(2)3)9-13-7-12(8-17)5-6-14(13)16/h5-7,11H,4,9-10H2,1-3H3. The molecule has 108 valence electrons. The number of hydrogen-bond acceptors (Lipinski definition) is 4. The first-order valence-electron chi connectivity index (χ1n) is 6.56. The minimum absolute atomic E-state index is 0.0598. The van der Waals surface area contributed by atoms with E-state index in [9.17, 15) is 9.18 Å². The molecule has 1 aromatic rings. The summed E-state index contributed by atoms with van der Waals surface area (Å²) < 4.78 is 18.7. The minimum Gasteiger partial charge on any atom is -0.465 e. The van der Waals surface area contributed by atoms with Gasteiger partial charge in [-0.1, -0.05) is 0 Å². The maximum atomic E-state index is 13.8. The molecule has 0 N–H and O–H groups in total. The first-order chi connectivity index (χ1) is 9.47. The Morgan fingerprint density at radius 3 is 2.75 bits per heavy atom. The molecule has 0 aliphatic rings. The fourth-order valence-electron chi connectivity index (χ4n) is 1.78. The van der Waals surface area contributed by atoms with E-state index in [0.717, 1.165) is 0 Å². The van der Waals surface area contributed by atoms with Crippen molar-refractivity contribution in [2.24, 2.45) is 0 Å². The molecular formula is C15H19FN2O2. The van der Waals surface area contributed by atoms with Crippen molar-refractivity contribution in [1.29, 1.82) is 5.26 Å². The van der Waals surface area contributed by atoms with Gasteiger partial charge in [0.15, 0.2) is 0 Å². The number of carbonyl (C=O) groups is 1. The second kappa shape index (κ2) is 7.61. The Hall–Kier alpha value is -1.93. The highest BCUT2D eigenvalue weighted by molar-refractivity contribution is 5.71. The van der Waals surface area contributed by atoms with E-state index in [-0.39, 0.29) is 30.9 Å². The highest BCUT2D eigenvalue weighted by atomic mass is 19.1. The largest absolute Gasteiger partial charge is 0.465 e. The first-order valence-corrected chi connectivity index (χ1v) is 6.56. The third-order valence-corrected chi connectivity index (χ3v) is 2.92. The number of benzene rings is 1. The van der Waals surface area contributed by atoms with Crippen molar-refractivity contribution in [3.05, 3.63) is 35.1 Å². The second-order valence-corrected chi connectivity index (χ2v) is 4.72. The number of ether oxygens (including phenoxy) is 1. The Morgan fingerprint density at radius 2 is 2.20 bits per heavy atom. The molecule has 0 aromatic heterocycles. The Bertz CT molecular complexity index is 509.